The molecular formula is C14H14F3NO2. The van der Waals surface area contributed by atoms with E-state index in [9.17, 15) is 18.0 Å². The summed E-state index contributed by atoms with van der Waals surface area (Å²) in [5.41, 5.74) is -1.50. The fraction of sp³-hybridized carbons (Fsp3) is 0.500. The van der Waals surface area contributed by atoms with Crippen molar-refractivity contribution in [3.8, 4) is 0 Å². The first-order valence-electron chi connectivity index (χ1n) is 6.51. The number of alkyl halides is 3. The minimum absolute atomic E-state index is 0.0693. The van der Waals surface area contributed by atoms with Crippen molar-refractivity contribution in [2.45, 2.75) is 37.2 Å². The number of rotatable bonds is 2. The van der Waals surface area contributed by atoms with Crippen LogP contribution in [0.15, 0.2) is 30.3 Å². The Morgan fingerprint density at radius 1 is 1.30 bits per heavy atom. The summed E-state index contributed by atoms with van der Waals surface area (Å²) < 4.78 is 44.9. The molecule has 2 heterocycles. The molecule has 2 fully saturated rings. The van der Waals surface area contributed by atoms with Crippen LogP contribution in [0.25, 0.3) is 0 Å². The van der Waals surface area contributed by atoms with E-state index in [0.29, 0.717) is 6.42 Å². The number of benzene rings is 1. The average Bonchev–Trinajstić information content (AvgIpc) is 2.92. The van der Waals surface area contributed by atoms with Crippen LogP contribution in [-0.2, 0) is 16.0 Å². The van der Waals surface area contributed by atoms with Gasteiger partial charge < -0.3 is 9.64 Å². The van der Waals surface area contributed by atoms with Gasteiger partial charge in [0.2, 0.25) is 11.6 Å². The highest BCUT2D eigenvalue weighted by atomic mass is 19.4. The lowest BCUT2D eigenvalue weighted by Crippen LogP contribution is -2.55. The molecule has 1 aromatic rings. The molecule has 20 heavy (non-hydrogen) atoms. The van der Waals surface area contributed by atoms with Crippen LogP contribution in [0, 0.1) is 0 Å². The number of carbonyl (C=O) groups is 1. The maximum Gasteiger partial charge on any atom is 0.436 e. The van der Waals surface area contributed by atoms with Gasteiger partial charge in [-0.1, -0.05) is 30.3 Å². The highest BCUT2D eigenvalue weighted by Gasteiger charge is 2.68. The summed E-state index contributed by atoms with van der Waals surface area (Å²) in [5, 5.41) is 0. The fourth-order valence-electron chi connectivity index (χ4n) is 3.06. The highest BCUT2D eigenvalue weighted by molar-refractivity contribution is 5.80. The van der Waals surface area contributed by atoms with Crippen molar-refractivity contribution < 1.29 is 22.7 Å². The Hall–Kier alpha value is -1.56. The predicted molar refractivity (Wildman–Crippen MR) is 64.8 cm³/mol. The van der Waals surface area contributed by atoms with Gasteiger partial charge >= 0.3 is 6.18 Å². The Morgan fingerprint density at radius 2 is 2.00 bits per heavy atom. The predicted octanol–water partition coefficient (Wildman–Crippen LogP) is 2.51. The number of hydrogen-bond acceptors (Lipinski definition) is 2. The van der Waals surface area contributed by atoms with Crippen molar-refractivity contribution in [3.63, 3.8) is 0 Å². The lowest BCUT2D eigenvalue weighted by molar-refractivity contribution is -0.293. The molecule has 0 bridgehead atoms. The Balaban J connectivity index is 1.87. The molecule has 6 heteroatoms. The molecule has 2 atom stereocenters. The maximum absolute atomic E-state index is 13.3. The van der Waals surface area contributed by atoms with E-state index >= 15 is 0 Å². The van der Waals surface area contributed by atoms with Crippen molar-refractivity contribution in [2.75, 3.05) is 6.61 Å². The maximum atomic E-state index is 13.3. The van der Waals surface area contributed by atoms with Crippen LogP contribution in [0.3, 0.4) is 0 Å². The van der Waals surface area contributed by atoms with E-state index in [1.807, 2.05) is 30.3 Å². The van der Waals surface area contributed by atoms with Crippen molar-refractivity contribution in [3.05, 3.63) is 35.9 Å². The lowest BCUT2D eigenvalue weighted by Gasteiger charge is -2.34. The third kappa shape index (κ3) is 1.90. The van der Waals surface area contributed by atoms with Crippen LogP contribution in [-0.4, -0.2) is 35.4 Å². The van der Waals surface area contributed by atoms with Gasteiger partial charge in [-0.25, -0.2) is 0 Å². The summed E-state index contributed by atoms with van der Waals surface area (Å²) in [5.74, 6) is -0.472. The average molecular weight is 285 g/mol. The summed E-state index contributed by atoms with van der Waals surface area (Å²) >= 11 is 0. The molecule has 0 radical (unpaired) electrons. The van der Waals surface area contributed by atoms with Crippen LogP contribution in [0.1, 0.15) is 18.4 Å². The number of fused-ring (bicyclic) bond motifs is 1. The second kappa shape index (κ2) is 4.48. The van der Waals surface area contributed by atoms with Crippen LogP contribution >= 0.6 is 0 Å². The van der Waals surface area contributed by atoms with Gasteiger partial charge in [0.15, 0.2) is 0 Å². The second-order valence-corrected chi connectivity index (χ2v) is 5.20. The van der Waals surface area contributed by atoms with Gasteiger partial charge in [-0.2, -0.15) is 13.2 Å². The van der Waals surface area contributed by atoms with Crippen molar-refractivity contribution >= 4 is 5.91 Å². The fourth-order valence-corrected chi connectivity index (χ4v) is 3.06. The summed E-state index contributed by atoms with van der Waals surface area (Å²) in [6.45, 7) is -0.0693. The molecule has 2 aliphatic heterocycles. The molecular weight excluding hydrogens is 271 g/mol. The number of ether oxygens (including phenoxy) is 1. The Kier molecular flexibility index (Phi) is 3.01. The molecule has 1 unspecified atom stereocenters. The van der Waals surface area contributed by atoms with E-state index in [0.717, 1.165) is 10.5 Å². The van der Waals surface area contributed by atoms with Crippen molar-refractivity contribution in [1.29, 1.82) is 0 Å². The minimum atomic E-state index is -4.55. The molecule has 3 rings (SSSR count). The van der Waals surface area contributed by atoms with E-state index in [1.165, 1.54) is 0 Å². The zero-order valence-electron chi connectivity index (χ0n) is 10.7. The zero-order chi connectivity index (χ0) is 14.4. The van der Waals surface area contributed by atoms with E-state index in [1.54, 1.807) is 0 Å². The standard InChI is InChI=1S/C14H14F3NO2/c15-14(16,17)13-7-6-12(19)18(13)11(9-20-13)8-10-4-2-1-3-5-10/h1-5,11H,6-9H2/t11-,13?/m1/s1. The first kappa shape index (κ1) is 13.4. The molecule has 0 aliphatic carbocycles. The van der Waals surface area contributed by atoms with E-state index in [-0.39, 0.29) is 19.4 Å². The third-order valence-electron chi connectivity index (χ3n) is 3.97. The molecule has 3 nitrogen and oxygen atoms in total. The first-order valence-corrected chi connectivity index (χ1v) is 6.51. The van der Waals surface area contributed by atoms with Gasteiger partial charge in [0.1, 0.15) is 0 Å². The third-order valence-corrected chi connectivity index (χ3v) is 3.97. The topological polar surface area (TPSA) is 29.5 Å². The number of nitrogens with zero attached hydrogens (tertiary/aromatic N) is 1. The van der Waals surface area contributed by atoms with Crippen LogP contribution in [0.5, 0.6) is 0 Å². The number of halogens is 3. The molecule has 2 aliphatic rings. The zero-order valence-corrected chi connectivity index (χ0v) is 10.7. The molecule has 0 spiro atoms. The van der Waals surface area contributed by atoms with Gasteiger partial charge in [0.05, 0.1) is 12.6 Å². The van der Waals surface area contributed by atoms with Gasteiger partial charge in [-0.05, 0) is 12.0 Å². The van der Waals surface area contributed by atoms with Gasteiger partial charge in [0, 0.05) is 12.8 Å². The Morgan fingerprint density at radius 3 is 2.65 bits per heavy atom. The van der Waals surface area contributed by atoms with Crippen LogP contribution < -0.4 is 0 Å². The van der Waals surface area contributed by atoms with Gasteiger partial charge in [-0.3, -0.25) is 4.79 Å². The summed E-state index contributed by atoms with van der Waals surface area (Å²) in [6, 6.07) is 8.63. The molecule has 0 aromatic heterocycles. The SMILES string of the molecule is O=C1CCC2(C(F)(F)F)OC[C@@H](Cc3ccccc3)N12. The van der Waals surface area contributed by atoms with Crippen molar-refractivity contribution in [2.24, 2.45) is 0 Å². The van der Waals surface area contributed by atoms with Gasteiger partial charge in [0.25, 0.3) is 0 Å². The normalized spacial score (nSPS) is 29.9. The molecule has 108 valence electrons. The number of hydrogen-bond donors (Lipinski definition) is 0. The summed E-state index contributed by atoms with van der Waals surface area (Å²) in [6.07, 6.45) is -4.58. The molecule has 2 saturated heterocycles. The summed E-state index contributed by atoms with van der Waals surface area (Å²) in [4.78, 5) is 12.8. The van der Waals surface area contributed by atoms with E-state index in [2.05, 4.69) is 0 Å². The van der Waals surface area contributed by atoms with E-state index < -0.39 is 23.9 Å². The number of carbonyl (C=O) groups excluding carboxylic acids is 1. The molecule has 0 N–H and O–H groups in total. The van der Waals surface area contributed by atoms with Gasteiger partial charge in [-0.15, -0.1) is 0 Å². The monoisotopic (exact) mass is 285 g/mol. The van der Waals surface area contributed by atoms with Crippen LogP contribution in [0.2, 0.25) is 0 Å². The summed E-state index contributed by atoms with van der Waals surface area (Å²) in [7, 11) is 0. The first-order chi connectivity index (χ1) is 9.44. The minimum Gasteiger partial charge on any atom is -0.345 e. The molecule has 1 amide bonds. The van der Waals surface area contributed by atoms with E-state index in [4.69, 9.17) is 4.74 Å². The van der Waals surface area contributed by atoms with Crippen LogP contribution in [0.4, 0.5) is 13.2 Å². The Labute approximate surface area is 114 Å². The largest absolute Gasteiger partial charge is 0.436 e. The number of amides is 1. The lowest BCUT2D eigenvalue weighted by atomic mass is 10.1. The smallest absolute Gasteiger partial charge is 0.345 e. The Bertz CT molecular complexity index is 517. The quantitative estimate of drug-likeness (QED) is 0.835. The molecule has 1 aromatic carbocycles. The second-order valence-electron chi connectivity index (χ2n) is 5.20. The highest BCUT2D eigenvalue weighted by Crippen LogP contribution is 2.49. The van der Waals surface area contributed by atoms with Crippen molar-refractivity contribution in [1.82, 2.24) is 4.90 Å². The molecule has 0 saturated carbocycles.